The molecule has 0 saturated carbocycles. The SMILES string of the molecule is CCCC1(CC)[n+]2cc(-c3c(C)cccc3C)n3c4ccc(C)cc4c4cccc(c4c32)C1(C)CC. The molecule has 1 aliphatic rings. The molecule has 0 aliphatic carbocycles. The minimum Gasteiger partial charge on any atom is -0.223 e. The zero-order chi connectivity index (χ0) is 25.4. The number of benzene rings is 3. The Morgan fingerprint density at radius 1 is 0.833 bits per heavy atom. The lowest BCUT2D eigenvalue weighted by Gasteiger charge is -2.49. The summed E-state index contributed by atoms with van der Waals surface area (Å²) in [4.78, 5) is 0. The molecule has 0 radical (unpaired) electrons. The van der Waals surface area contributed by atoms with Crippen molar-refractivity contribution in [1.82, 2.24) is 4.40 Å². The van der Waals surface area contributed by atoms with Gasteiger partial charge in [0.15, 0.2) is 5.69 Å². The van der Waals surface area contributed by atoms with Crippen molar-refractivity contribution in [2.24, 2.45) is 0 Å². The molecule has 2 heteroatoms. The van der Waals surface area contributed by atoms with Gasteiger partial charge in [-0.1, -0.05) is 82.1 Å². The average Bonchev–Trinajstić information content (AvgIpc) is 3.27. The van der Waals surface area contributed by atoms with E-state index in [0.29, 0.717) is 0 Å². The van der Waals surface area contributed by atoms with Crippen LogP contribution in [0.3, 0.4) is 0 Å². The maximum atomic E-state index is 2.73. The van der Waals surface area contributed by atoms with Crippen LogP contribution in [0.4, 0.5) is 0 Å². The maximum absolute atomic E-state index is 2.73. The smallest absolute Gasteiger partial charge is 0.223 e. The van der Waals surface area contributed by atoms with E-state index in [9.17, 15) is 0 Å². The molecule has 36 heavy (non-hydrogen) atoms. The van der Waals surface area contributed by atoms with Gasteiger partial charge in [-0.05, 0) is 68.9 Å². The number of hydrogen-bond donors (Lipinski definition) is 0. The van der Waals surface area contributed by atoms with E-state index < -0.39 is 0 Å². The summed E-state index contributed by atoms with van der Waals surface area (Å²) in [5.74, 6) is 0. The highest BCUT2D eigenvalue weighted by Gasteiger charge is 2.56. The van der Waals surface area contributed by atoms with Gasteiger partial charge in [0, 0.05) is 21.8 Å². The van der Waals surface area contributed by atoms with Crippen molar-refractivity contribution >= 4 is 27.3 Å². The van der Waals surface area contributed by atoms with Crippen LogP contribution in [0.1, 0.15) is 75.6 Å². The molecule has 3 heterocycles. The molecular formula is C34H39N2+. The third kappa shape index (κ3) is 2.71. The predicted molar refractivity (Wildman–Crippen MR) is 153 cm³/mol. The van der Waals surface area contributed by atoms with E-state index in [1.54, 1.807) is 0 Å². The summed E-state index contributed by atoms with van der Waals surface area (Å²) in [5, 5.41) is 4.18. The minimum atomic E-state index is 0.0241. The fourth-order valence-corrected chi connectivity index (χ4v) is 7.78. The number of pyridine rings is 1. The zero-order valence-electron chi connectivity index (χ0n) is 23.0. The van der Waals surface area contributed by atoms with E-state index in [2.05, 4.69) is 118 Å². The maximum Gasteiger partial charge on any atom is 0.296 e. The van der Waals surface area contributed by atoms with Crippen molar-refractivity contribution in [1.29, 1.82) is 0 Å². The van der Waals surface area contributed by atoms with Crippen molar-refractivity contribution in [3.05, 3.63) is 83.0 Å². The molecule has 2 unspecified atom stereocenters. The summed E-state index contributed by atoms with van der Waals surface area (Å²) in [7, 11) is 0. The summed E-state index contributed by atoms with van der Waals surface area (Å²) in [6.45, 7) is 16.4. The molecule has 2 aromatic heterocycles. The molecule has 0 saturated heterocycles. The predicted octanol–water partition coefficient (Wildman–Crippen LogP) is 8.71. The first-order chi connectivity index (χ1) is 17.3. The van der Waals surface area contributed by atoms with Crippen LogP contribution in [0, 0.1) is 20.8 Å². The number of hydrogen-bond acceptors (Lipinski definition) is 0. The number of aryl methyl sites for hydroxylation is 3. The molecule has 2 nitrogen and oxygen atoms in total. The highest BCUT2D eigenvalue weighted by atomic mass is 15.2. The molecule has 3 aromatic carbocycles. The highest BCUT2D eigenvalue weighted by molar-refractivity contribution is 6.13. The number of rotatable bonds is 5. The van der Waals surface area contributed by atoms with Crippen LogP contribution in [0.25, 0.3) is 38.6 Å². The first-order valence-corrected chi connectivity index (χ1v) is 13.8. The molecular weight excluding hydrogens is 436 g/mol. The molecule has 2 atom stereocenters. The molecule has 5 aromatic rings. The Bertz CT molecular complexity index is 1650. The fourth-order valence-electron chi connectivity index (χ4n) is 7.78. The molecule has 6 rings (SSSR count). The van der Waals surface area contributed by atoms with Crippen molar-refractivity contribution in [2.45, 2.75) is 85.1 Å². The first-order valence-electron chi connectivity index (χ1n) is 13.8. The molecule has 0 spiro atoms. The second kappa shape index (κ2) is 7.93. The van der Waals surface area contributed by atoms with Crippen molar-refractivity contribution in [3.8, 4) is 11.3 Å². The van der Waals surface area contributed by atoms with Gasteiger partial charge < -0.3 is 0 Å². The summed E-state index contributed by atoms with van der Waals surface area (Å²) in [6, 6.07) is 20.8. The highest BCUT2D eigenvalue weighted by Crippen LogP contribution is 2.52. The van der Waals surface area contributed by atoms with E-state index in [0.717, 1.165) is 12.8 Å². The summed E-state index contributed by atoms with van der Waals surface area (Å²) < 4.78 is 5.33. The van der Waals surface area contributed by atoms with Gasteiger partial charge in [-0.25, -0.2) is 4.57 Å². The quantitative estimate of drug-likeness (QED) is 0.177. The topological polar surface area (TPSA) is 8.29 Å². The van der Waals surface area contributed by atoms with E-state index in [1.807, 2.05) is 0 Å². The number of imidazole rings is 1. The van der Waals surface area contributed by atoms with E-state index in [1.165, 1.54) is 73.7 Å². The van der Waals surface area contributed by atoms with Crippen LogP contribution in [0.2, 0.25) is 0 Å². The van der Waals surface area contributed by atoms with Crippen LogP contribution in [-0.4, -0.2) is 4.40 Å². The standard InChI is InChI=1S/C34H39N2/c1-8-19-34(10-3)33(7,9-2)27-16-12-15-25-26-20-22(4)17-18-28(26)36-29(21-35(34)32(36)31(25)27)30-23(5)13-11-14-24(30)6/h11-18,20-21H,8-10,19H2,1-7H3/q+1. The first kappa shape index (κ1) is 23.3. The minimum absolute atomic E-state index is 0.0241. The molecule has 0 bridgehead atoms. The average molecular weight is 476 g/mol. The lowest BCUT2D eigenvalue weighted by Crippen LogP contribution is -2.67. The van der Waals surface area contributed by atoms with E-state index in [4.69, 9.17) is 0 Å². The van der Waals surface area contributed by atoms with Gasteiger partial charge in [0.05, 0.1) is 5.39 Å². The Morgan fingerprint density at radius 2 is 1.56 bits per heavy atom. The van der Waals surface area contributed by atoms with Crippen molar-refractivity contribution < 1.29 is 4.57 Å². The normalized spacial score (nSPS) is 21.3. The molecule has 0 amide bonds. The van der Waals surface area contributed by atoms with Crippen LogP contribution in [0.15, 0.2) is 60.8 Å². The van der Waals surface area contributed by atoms with Crippen LogP contribution in [0.5, 0.6) is 0 Å². The number of fused-ring (bicyclic) bond motifs is 3. The number of nitrogens with zero attached hydrogens (tertiary/aromatic N) is 2. The van der Waals surface area contributed by atoms with E-state index >= 15 is 0 Å². The molecule has 184 valence electrons. The fraction of sp³-hybridized carbons (Fsp3) is 0.382. The molecule has 0 N–H and O–H groups in total. The Balaban J connectivity index is 1.96. The zero-order valence-corrected chi connectivity index (χ0v) is 23.0. The van der Waals surface area contributed by atoms with Crippen LogP contribution in [-0.2, 0) is 11.0 Å². The molecule has 0 fully saturated rings. The van der Waals surface area contributed by atoms with Gasteiger partial charge in [-0.3, -0.25) is 0 Å². The van der Waals surface area contributed by atoms with Gasteiger partial charge in [-0.15, -0.1) is 0 Å². The second-order valence-corrected chi connectivity index (χ2v) is 11.4. The largest absolute Gasteiger partial charge is 0.296 e. The van der Waals surface area contributed by atoms with Gasteiger partial charge in [-0.2, -0.15) is 4.40 Å². The lowest BCUT2D eigenvalue weighted by atomic mass is 9.59. The van der Waals surface area contributed by atoms with Crippen LogP contribution < -0.4 is 4.57 Å². The Labute approximate surface area is 215 Å². The Kier molecular flexibility index (Phi) is 5.13. The Hall–Kier alpha value is -3.13. The van der Waals surface area contributed by atoms with E-state index in [-0.39, 0.29) is 11.0 Å². The molecule has 1 aliphatic heterocycles. The van der Waals surface area contributed by atoms with Crippen LogP contribution >= 0.6 is 0 Å². The monoisotopic (exact) mass is 475 g/mol. The second-order valence-electron chi connectivity index (χ2n) is 11.4. The lowest BCUT2D eigenvalue weighted by molar-refractivity contribution is -0.755. The summed E-state index contributed by atoms with van der Waals surface area (Å²) >= 11 is 0. The number of aromatic nitrogens is 2. The Morgan fingerprint density at radius 3 is 2.22 bits per heavy atom. The third-order valence-electron chi connectivity index (χ3n) is 9.68. The van der Waals surface area contributed by atoms with Gasteiger partial charge in [0.25, 0.3) is 5.65 Å². The third-order valence-corrected chi connectivity index (χ3v) is 9.68. The summed E-state index contributed by atoms with van der Waals surface area (Å²) in [5.41, 5.74) is 10.9. The van der Waals surface area contributed by atoms with Crippen molar-refractivity contribution in [2.75, 3.05) is 0 Å². The van der Waals surface area contributed by atoms with Gasteiger partial charge in [0.1, 0.15) is 17.3 Å². The van der Waals surface area contributed by atoms with Gasteiger partial charge >= 0.3 is 0 Å². The van der Waals surface area contributed by atoms with Crippen molar-refractivity contribution in [3.63, 3.8) is 0 Å². The van der Waals surface area contributed by atoms with Gasteiger partial charge in [0.2, 0.25) is 0 Å². The summed E-state index contributed by atoms with van der Waals surface area (Å²) in [6.07, 6.45) is 7.10.